The minimum atomic E-state index is -0.189. The fourth-order valence-electron chi connectivity index (χ4n) is 5.54. The van der Waals surface area contributed by atoms with Crippen molar-refractivity contribution in [3.05, 3.63) is 60.2 Å². The molecule has 2 bridgehead atoms. The molecule has 2 aromatic rings. The van der Waals surface area contributed by atoms with Crippen LogP contribution in [0.5, 0.6) is 0 Å². The van der Waals surface area contributed by atoms with Crippen molar-refractivity contribution in [3.8, 4) is 0 Å². The molecular formula is C22H18N2O2. The van der Waals surface area contributed by atoms with Crippen LogP contribution < -0.4 is 0 Å². The molecule has 128 valence electrons. The second-order valence-corrected chi connectivity index (χ2v) is 7.96. The fourth-order valence-corrected chi connectivity index (χ4v) is 5.54. The SMILES string of the molecule is O=C1[C@@H]2[C@@H]3C=C[C@H]([C@@H]4C[C@H]34)[C@H]2C(=O)N1/N=C\c1cccc2ccccc12. The van der Waals surface area contributed by atoms with Gasteiger partial charge in [-0.3, -0.25) is 9.59 Å². The Labute approximate surface area is 151 Å². The molecular weight excluding hydrogens is 324 g/mol. The molecule has 1 aliphatic heterocycles. The standard InChI is InChI=1S/C22H18N2O2/c25-21-19-15-8-9-16(18-10-17(15)18)20(19)22(26)24(21)23-11-13-6-3-5-12-4-1-2-7-14(12)13/h1-9,11,15-20H,10H2/b23-11-/t15-,16-,17-,18+,19-,20-/m1/s1. The van der Waals surface area contributed by atoms with Gasteiger partial charge in [-0.25, -0.2) is 0 Å². The maximum absolute atomic E-state index is 12.9. The lowest BCUT2D eigenvalue weighted by atomic mass is 9.63. The predicted molar refractivity (Wildman–Crippen MR) is 98.1 cm³/mol. The first kappa shape index (κ1) is 14.4. The third kappa shape index (κ3) is 1.77. The number of benzene rings is 2. The van der Waals surface area contributed by atoms with Gasteiger partial charge < -0.3 is 0 Å². The van der Waals surface area contributed by atoms with Gasteiger partial charge in [0.25, 0.3) is 11.8 Å². The highest BCUT2D eigenvalue weighted by Crippen LogP contribution is 2.65. The Morgan fingerprint density at radius 3 is 2.27 bits per heavy atom. The molecule has 3 fully saturated rings. The van der Waals surface area contributed by atoms with Gasteiger partial charge in [-0.1, -0.05) is 54.6 Å². The number of nitrogens with zero attached hydrogens (tertiary/aromatic N) is 2. The molecule has 6 atom stereocenters. The van der Waals surface area contributed by atoms with Gasteiger partial charge in [0.2, 0.25) is 0 Å². The quantitative estimate of drug-likeness (QED) is 0.478. The monoisotopic (exact) mass is 342 g/mol. The predicted octanol–water partition coefficient (Wildman–Crippen LogP) is 3.23. The molecule has 1 saturated heterocycles. The highest BCUT2D eigenvalue weighted by molar-refractivity contribution is 6.07. The summed E-state index contributed by atoms with van der Waals surface area (Å²) in [5.74, 6) is 1.11. The van der Waals surface area contributed by atoms with E-state index in [1.807, 2.05) is 42.5 Å². The van der Waals surface area contributed by atoms with Crippen molar-refractivity contribution in [2.45, 2.75) is 6.42 Å². The topological polar surface area (TPSA) is 49.7 Å². The Kier molecular flexibility index (Phi) is 2.72. The van der Waals surface area contributed by atoms with Crippen molar-refractivity contribution in [1.29, 1.82) is 0 Å². The minimum absolute atomic E-state index is 0.110. The summed E-state index contributed by atoms with van der Waals surface area (Å²) in [6.07, 6.45) is 7.20. The van der Waals surface area contributed by atoms with Gasteiger partial charge in [0.1, 0.15) is 0 Å². The van der Waals surface area contributed by atoms with Gasteiger partial charge >= 0.3 is 0 Å². The summed E-state index contributed by atoms with van der Waals surface area (Å²) in [6, 6.07) is 14.0. The zero-order valence-corrected chi connectivity index (χ0v) is 14.2. The Bertz CT molecular complexity index is 982. The lowest BCUT2D eigenvalue weighted by Gasteiger charge is -2.37. The highest BCUT2D eigenvalue weighted by atomic mass is 16.2. The number of rotatable bonds is 2. The zero-order valence-electron chi connectivity index (χ0n) is 14.2. The first-order chi connectivity index (χ1) is 12.7. The molecule has 7 rings (SSSR count). The van der Waals surface area contributed by atoms with Crippen LogP contribution in [-0.4, -0.2) is 23.0 Å². The zero-order chi connectivity index (χ0) is 17.4. The smallest absolute Gasteiger partial charge is 0.254 e. The number of fused-ring (bicyclic) bond motifs is 1. The number of amides is 2. The summed E-state index contributed by atoms with van der Waals surface area (Å²) < 4.78 is 0. The molecule has 0 radical (unpaired) electrons. The Morgan fingerprint density at radius 1 is 0.885 bits per heavy atom. The van der Waals surface area contributed by atoms with Crippen molar-refractivity contribution in [2.75, 3.05) is 0 Å². The third-order valence-electron chi connectivity index (χ3n) is 6.78. The molecule has 4 nitrogen and oxygen atoms in total. The van der Waals surface area contributed by atoms with E-state index in [0.717, 1.165) is 21.3 Å². The number of hydrazone groups is 1. The van der Waals surface area contributed by atoms with Crippen LogP contribution in [0.1, 0.15) is 12.0 Å². The number of allylic oxidation sites excluding steroid dienone is 2. The first-order valence-corrected chi connectivity index (χ1v) is 9.32. The van der Waals surface area contributed by atoms with Crippen molar-refractivity contribution in [2.24, 2.45) is 40.6 Å². The average Bonchev–Trinajstić information content (AvgIpc) is 3.45. The van der Waals surface area contributed by atoms with E-state index < -0.39 is 0 Å². The van der Waals surface area contributed by atoms with Gasteiger partial charge in [0.05, 0.1) is 18.1 Å². The van der Waals surface area contributed by atoms with Gasteiger partial charge in [-0.15, -0.1) is 0 Å². The molecule has 2 aromatic carbocycles. The Morgan fingerprint density at radius 2 is 1.54 bits per heavy atom. The summed E-state index contributed by atoms with van der Waals surface area (Å²) in [6.45, 7) is 0. The van der Waals surface area contributed by atoms with E-state index >= 15 is 0 Å². The van der Waals surface area contributed by atoms with Crippen LogP contribution in [0.2, 0.25) is 0 Å². The van der Waals surface area contributed by atoms with E-state index in [-0.39, 0.29) is 35.5 Å². The number of imide groups is 1. The molecule has 26 heavy (non-hydrogen) atoms. The molecule has 1 heterocycles. The summed E-state index contributed by atoms with van der Waals surface area (Å²) in [5.41, 5.74) is 0.919. The van der Waals surface area contributed by atoms with Crippen molar-refractivity contribution in [3.63, 3.8) is 0 Å². The van der Waals surface area contributed by atoms with Crippen LogP contribution >= 0.6 is 0 Å². The molecule has 0 aromatic heterocycles. The van der Waals surface area contributed by atoms with Gasteiger partial charge in [-0.05, 0) is 40.9 Å². The fraction of sp³-hybridized carbons (Fsp3) is 0.318. The van der Waals surface area contributed by atoms with E-state index in [0.29, 0.717) is 11.8 Å². The van der Waals surface area contributed by atoms with Gasteiger partial charge in [0.15, 0.2) is 0 Å². The Hall–Kier alpha value is -2.75. The first-order valence-electron chi connectivity index (χ1n) is 9.32. The van der Waals surface area contributed by atoms with E-state index in [1.54, 1.807) is 6.21 Å². The van der Waals surface area contributed by atoms with E-state index in [2.05, 4.69) is 17.3 Å². The molecule has 2 amide bonds. The van der Waals surface area contributed by atoms with Crippen molar-refractivity contribution in [1.82, 2.24) is 5.01 Å². The number of carbonyl (C=O) groups is 2. The second kappa shape index (κ2) is 4.91. The third-order valence-corrected chi connectivity index (χ3v) is 6.78. The molecule has 0 spiro atoms. The average molecular weight is 342 g/mol. The highest BCUT2D eigenvalue weighted by Gasteiger charge is 2.67. The van der Waals surface area contributed by atoms with Crippen LogP contribution in [0.3, 0.4) is 0 Å². The summed E-state index contributed by atoms with van der Waals surface area (Å²) >= 11 is 0. The van der Waals surface area contributed by atoms with E-state index in [9.17, 15) is 9.59 Å². The van der Waals surface area contributed by atoms with Gasteiger partial charge in [0, 0.05) is 5.56 Å². The van der Waals surface area contributed by atoms with Crippen LogP contribution in [0.25, 0.3) is 10.8 Å². The maximum atomic E-state index is 12.9. The van der Waals surface area contributed by atoms with Crippen LogP contribution in [0, 0.1) is 35.5 Å². The van der Waals surface area contributed by atoms with Gasteiger partial charge in [-0.2, -0.15) is 10.1 Å². The van der Waals surface area contributed by atoms with E-state index in [1.165, 1.54) is 6.42 Å². The number of carbonyl (C=O) groups excluding carboxylic acids is 2. The Balaban J connectivity index is 1.36. The molecule has 0 unspecified atom stereocenters. The molecule has 0 N–H and O–H groups in total. The lowest BCUT2D eigenvalue weighted by molar-refractivity contribution is -0.140. The summed E-state index contributed by atoms with van der Waals surface area (Å²) in [4.78, 5) is 25.9. The summed E-state index contributed by atoms with van der Waals surface area (Å²) in [7, 11) is 0. The summed E-state index contributed by atoms with van der Waals surface area (Å²) in [5, 5.41) is 7.68. The molecule has 5 aliphatic rings. The second-order valence-electron chi connectivity index (χ2n) is 7.96. The lowest BCUT2D eigenvalue weighted by Crippen LogP contribution is -2.40. The van der Waals surface area contributed by atoms with Crippen LogP contribution in [0.4, 0.5) is 0 Å². The normalized spacial score (nSPS) is 36.8. The molecule has 2 saturated carbocycles. The molecule has 4 heteroatoms. The van der Waals surface area contributed by atoms with E-state index in [4.69, 9.17) is 0 Å². The minimum Gasteiger partial charge on any atom is -0.272 e. The van der Waals surface area contributed by atoms with Crippen molar-refractivity contribution >= 4 is 28.8 Å². The van der Waals surface area contributed by atoms with Crippen molar-refractivity contribution < 1.29 is 9.59 Å². The molecule has 4 aliphatic carbocycles. The van der Waals surface area contributed by atoms with Crippen LogP contribution in [-0.2, 0) is 9.59 Å². The largest absolute Gasteiger partial charge is 0.272 e. The maximum Gasteiger partial charge on any atom is 0.254 e. The number of hydrogen-bond donors (Lipinski definition) is 0. The number of hydrogen-bond acceptors (Lipinski definition) is 3. The van der Waals surface area contributed by atoms with Crippen LogP contribution in [0.15, 0.2) is 59.7 Å².